The Morgan fingerprint density at radius 1 is 1.27 bits per heavy atom. The zero-order valence-corrected chi connectivity index (χ0v) is 22.0. The van der Waals surface area contributed by atoms with Gasteiger partial charge < -0.3 is 14.8 Å². The number of cyclic esters (lactones) is 1. The fourth-order valence-electron chi connectivity index (χ4n) is 4.42. The van der Waals surface area contributed by atoms with Gasteiger partial charge >= 0.3 is 12.1 Å². The summed E-state index contributed by atoms with van der Waals surface area (Å²) >= 11 is 0. The van der Waals surface area contributed by atoms with Crippen LogP contribution >= 0.6 is 0 Å². The lowest BCUT2D eigenvalue weighted by Crippen LogP contribution is -2.26. The number of hydrogen-bond donors (Lipinski definition) is 2. The lowest BCUT2D eigenvalue weighted by Gasteiger charge is -2.14. The van der Waals surface area contributed by atoms with Crippen LogP contribution in [0.2, 0.25) is 0 Å². The van der Waals surface area contributed by atoms with E-state index in [-0.39, 0.29) is 19.1 Å². The van der Waals surface area contributed by atoms with E-state index in [9.17, 15) is 9.59 Å². The number of halogens is 1. The highest BCUT2D eigenvalue weighted by molar-refractivity contribution is 5.90. The quantitative estimate of drug-likeness (QED) is 0.256. The number of unbranched alkanes of at least 4 members (excludes halogenated alkanes) is 1. The number of esters is 1. The number of benzene rings is 1. The summed E-state index contributed by atoms with van der Waals surface area (Å²) in [5.74, 6) is -0.751. The number of pyridine rings is 1. The second-order valence-corrected chi connectivity index (χ2v) is 9.42. The summed E-state index contributed by atoms with van der Waals surface area (Å²) in [6.07, 6.45) is 7.22. The zero-order chi connectivity index (χ0) is 27.9. The number of ether oxygens (including phenoxy) is 2. The normalized spacial score (nSPS) is 18.4. The molecular formula is C27H30FN7O5. The molecule has 12 nitrogen and oxygen atoms in total. The third-order valence-corrected chi connectivity index (χ3v) is 6.49. The topological polar surface area (TPSA) is 133 Å². The zero-order valence-electron chi connectivity index (χ0n) is 22.0. The Morgan fingerprint density at radius 2 is 2.17 bits per heavy atom. The summed E-state index contributed by atoms with van der Waals surface area (Å²) in [7, 11) is 1.87. The Bertz CT molecular complexity index is 1350. The molecule has 1 saturated heterocycles. The van der Waals surface area contributed by atoms with Crippen LogP contribution in [0.3, 0.4) is 0 Å². The molecule has 2 aromatic heterocycles. The van der Waals surface area contributed by atoms with Crippen LogP contribution in [0, 0.1) is 5.82 Å². The molecule has 0 bridgehead atoms. The smallest absolute Gasteiger partial charge is 0.414 e. The summed E-state index contributed by atoms with van der Waals surface area (Å²) < 4.78 is 27.4. The minimum Gasteiger partial charge on any atom is -0.462 e. The van der Waals surface area contributed by atoms with Gasteiger partial charge in [0, 0.05) is 29.9 Å². The van der Waals surface area contributed by atoms with E-state index in [2.05, 4.69) is 26.1 Å². The SMILES string of the molecule is CNCCCCC(=O)OC[C@@H]1C=C(c2ccc(-c3ccc(N4C[C@H](Cn5ccnn5)OC4=O)cc3F)cn2)NO1. The highest BCUT2D eigenvalue weighted by Crippen LogP contribution is 2.30. The van der Waals surface area contributed by atoms with Crippen LogP contribution < -0.4 is 15.7 Å². The van der Waals surface area contributed by atoms with Gasteiger partial charge in [0.05, 0.1) is 36.4 Å². The molecule has 13 heteroatoms. The van der Waals surface area contributed by atoms with Gasteiger partial charge in [0.1, 0.15) is 24.6 Å². The Balaban J connectivity index is 1.16. The minimum atomic E-state index is -0.541. The van der Waals surface area contributed by atoms with E-state index in [1.165, 1.54) is 11.0 Å². The fourth-order valence-corrected chi connectivity index (χ4v) is 4.42. The summed E-state index contributed by atoms with van der Waals surface area (Å²) in [6.45, 7) is 1.60. The minimum absolute atomic E-state index is 0.1000. The second kappa shape index (κ2) is 12.7. The van der Waals surface area contributed by atoms with E-state index >= 15 is 4.39 Å². The molecule has 5 rings (SSSR count). The molecule has 0 radical (unpaired) electrons. The maximum atomic E-state index is 15.1. The van der Waals surface area contributed by atoms with Crippen LogP contribution in [0.15, 0.2) is 55.0 Å². The molecule has 210 valence electrons. The molecular weight excluding hydrogens is 521 g/mol. The fraction of sp³-hybridized carbons (Fsp3) is 0.370. The van der Waals surface area contributed by atoms with Gasteiger partial charge in [0.15, 0.2) is 0 Å². The lowest BCUT2D eigenvalue weighted by molar-refractivity contribution is -0.147. The van der Waals surface area contributed by atoms with Crippen molar-refractivity contribution >= 4 is 23.4 Å². The van der Waals surface area contributed by atoms with Gasteiger partial charge in [-0.1, -0.05) is 11.3 Å². The van der Waals surface area contributed by atoms with E-state index in [4.69, 9.17) is 14.3 Å². The van der Waals surface area contributed by atoms with Crippen LogP contribution in [0.1, 0.15) is 25.0 Å². The monoisotopic (exact) mass is 551 g/mol. The number of nitrogens with zero attached hydrogens (tertiary/aromatic N) is 5. The molecule has 1 aromatic carbocycles. The first-order valence-corrected chi connectivity index (χ1v) is 13.0. The third-order valence-electron chi connectivity index (χ3n) is 6.49. The summed E-state index contributed by atoms with van der Waals surface area (Å²) in [6, 6.07) is 8.09. The van der Waals surface area contributed by atoms with Crippen LogP contribution in [-0.4, -0.2) is 71.0 Å². The molecule has 1 fully saturated rings. The molecule has 2 aliphatic heterocycles. The molecule has 0 spiro atoms. The van der Waals surface area contributed by atoms with Gasteiger partial charge in [-0.25, -0.2) is 13.9 Å². The highest BCUT2D eigenvalue weighted by atomic mass is 19.1. The molecule has 0 aliphatic carbocycles. The van der Waals surface area contributed by atoms with Crippen molar-refractivity contribution in [1.82, 2.24) is 30.8 Å². The first-order valence-electron chi connectivity index (χ1n) is 13.0. The van der Waals surface area contributed by atoms with Crippen molar-refractivity contribution in [3.05, 3.63) is 66.5 Å². The third kappa shape index (κ3) is 6.61. The molecule has 1 amide bonds. The number of nitrogens with one attached hydrogen (secondary N) is 2. The van der Waals surface area contributed by atoms with Crippen LogP contribution in [-0.2, 0) is 25.7 Å². The first-order chi connectivity index (χ1) is 19.5. The van der Waals surface area contributed by atoms with Crippen molar-refractivity contribution in [2.45, 2.75) is 38.0 Å². The largest absolute Gasteiger partial charge is 0.462 e. The number of aromatic nitrogens is 4. The summed E-state index contributed by atoms with van der Waals surface area (Å²) in [5, 5.41) is 10.7. The van der Waals surface area contributed by atoms with Gasteiger partial charge in [-0.05, 0) is 56.8 Å². The molecule has 2 atom stereocenters. The number of anilines is 1. The molecule has 40 heavy (non-hydrogen) atoms. The highest BCUT2D eigenvalue weighted by Gasteiger charge is 2.33. The number of rotatable bonds is 12. The van der Waals surface area contributed by atoms with Crippen LogP contribution in [0.5, 0.6) is 0 Å². The second-order valence-electron chi connectivity index (χ2n) is 9.42. The van der Waals surface area contributed by atoms with E-state index < -0.39 is 24.1 Å². The van der Waals surface area contributed by atoms with Crippen LogP contribution in [0.25, 0.3) is 16.8 Å². The Hall–Kier alpha value is -4.36. The molecule has 4 heterocycles. The van der Waals surface area contributed by atoms with Gasteiger partial charge in [-0.3, -0.25) is 25.0 Å². The van der Waals surface area contributed by atoms with Gasteiger partial charge in [0.2, 0.25) is 0 Å². The maximum absolute atomic E-state index is 15.1. The average Bonchev–Trinajstić information content (AvgIpc) is 3.72. The Kier molecular flexibility index (Phi) is 8.62. The van der Waals surface area contributed by atoms with Crippen molar-refractivity contribution in [3.8, 4) is 11.1 Å². The Labute approximate surface area is 230 Å². The summed E-state index contributed by atoms with van der Waals surface area (Å²) in [4.78, 5) is 35.6. The number of amides is 1. The number of carbonyl (C=O) groups is 2. The van der Waals surface area contributed by atoms with Crippen molar-refractivity contribution in [2.75, 3.05) is 31.6 Å². The van der Waals surface area contributed by atoms with Crippen molar-refractivity contribution in [2.24, 2.45) is 0 Å². The van der Waals surface area contributed by atoms with Gasteiger partial charge in [-0.15, -0.1) is 5.10 Å². The number of carbonyl (C=O) groups excluding carboxylic acids is 2. The standard InChI is InChI=1S/C27H30FN7O5/c1-29-9-3-2-4-26(36)38-17-20-13-25(32-40-20)24-8-5-18(14-30-24)22-7-6-19(12-23(22)28)35-16-21(39-27(35)37)15-34-11-10-31-33-34/h5-8,10-14,20-21,29,32H,2-4,9,15-17H2,1H3/t20-,21-/m0/s1. The van der Waals surface area contributed by atoms with Crippen molar-refractivity contribution in [3.63, 3.8) is 0 Å². The maximum Gasteiger partial charge on any atom is 0.414 e. The van der Waals surface area contributed by atoms with Crippen molar-refractivity contribution in [1.29, 1.82) is 0 Å². The average molecular weight is 552 g/mol. The van der Waals surface area contributed by atoms with Crippen LogP contribution in [0.4, 0.5) is 14.9 Å². The lowest BCUT2D eigenvalue weighted by atomic mass is 10.1. The summed E-state index contributed by atoms with van der Waals surface area (Å²) in [5.41, 5.74) is 5.35. The molecule has 2 N–H and O–H groups in total. The van der Waals surface area contributed by atoms with Gasteiger partial charge in [0.25, 0.3) is 0 Å². The van der Waals surface area contributed by atoms with E-state index in [1.54, 1.807) is 53.6 Å². The molecule has 0 unspecified atom stereocenters. The molecule has 3 aromatic rings. The number of hydrogen-bond acceptors (Lipinski definition) is 10. The molecule has 2 aliphatic rings. The van der Waals surface area contributed by atoms with E-state index in [1.807, 2.05) is 7.05 Å². The number of hydroxylamine groups is 1. The van der Waals surface area contributed by atoms with Gasteiger partial charge in [-0.2, -0.15) is 0 Å². The predicted octanol–water partition coefficient (Wildman–Crippen LogP) is 2.68. The van der Waals surface area contributed by atoms with Crippen molar-refractivity contribution < 1.29 is 28.3 Å². The van der Waals surface area contributed by atoms with E-state index in [0.29, 0.717) is 41.2 Å². The predicted molar refractivity (Wildman–Crippen MR) is 142 cm³/mol. The van der Waals surface area contributed by atoms with E-state index in [0.717, 1.165) is 19.4 Å². The first kappa shape index (κ1) is 27.2. The Morgan fingerprint density at radius 3 is 2.92 bits per heavy atom. The molecule has 0 saturated carbocycles.